The van der Waals surface area contributed by atoms with E-state index in [2.05, 4.69) is 24.4 Å². The topological polar surface area (TPSA) is 53.9 Å². The molecule has 1 saturated carbocycles. The summed E-state index contributed by atoms with van der Waals surface area (Å²) in [6, 6.07) is 4.51. The molecule has 2 amide bonds. The highest BCUT2D eigenvalue weighted by Crippen LogP contribution is 2.22. The van der Waals surface area contributed by atoms with Gasteiger partial charge in [-0.25, -0.2) is 0 Å². The molecule has 0 spiro atoms. The number of carbonyl (C=O) groups excluding carboxylic acids is 2. The minimum atomic E-state index is -0.0503. The average molecular weight is 361 g/mol. The number of quaternary nitrogens is 1. The highest BCUT2D eigenvalue weighted by Gasteiger charge is 2.24. The van der Waals surface area contributed by atoms with Crippen LogP contribution in [0.4, 0.5) is 5.69 Å². The molecule has 5 nitrogen and oxygen atoms in total. The van der Waals surface area contributed by atoms with E-state index in [0.29, 0.717) is 12.6 Å². The molecule has 1 atom stereocenters. The highest BCUT2D eigenvalue weighted by atomic mass is 16.2. The van der Waals surface area contributed by atoms with E-state index in [9.17, 15) is 9.59 Å². The normalized spacial score (nSPS) is 16.2. The van der Waals surface area contributed by atoms with Crippen LogP contribution in [-0.4, -0.2) is 49.9 Å². The van der Waals surface area contributed by atoms with Crippen LogP contribution in [0.3, 0.4) is 0 Å². The predicted molar refractivity (Wildman–Crippen MR) is 106 cm³/mol. The van der Waals surface area contributed by atoms with Crippen LogP contribution in [-0.2, 0) is 9.59 Å². The monoisotopic (exact) mass is 360 g/mol. The fourth-order valence-electron chi connectivity index (χ4n) is 3.95. The van der Waals surface area contributed by atoms with E-state index in [4.69, 9.17) is 0 Å². The van der Waals surface area contributed by atoms with E-state index >= 15 is 0 Å². The van der Waals surface area contributed by atoms with Crippen molar-refractivity contribution in [3.8, 4) is 0 Å². The van der Waals surface area contributed by atoms with Gasteiger partial charge >= 0.3 is 0 Å². The Labute approximate surface area is 157 Å². The molecule has 1 aromatic carbocycles. The van der Waals surface area contributed by atoms with Crippen LogP contribution in [0.2, 0.25) is 0 Å². The molecule has 2 rings (SSSR count). The molecule has 144 valence electrons. The molecule has 0 saturated heterocycles. The van der Waals surface area contributed by atoms with Crippen molar-refractivity contribution in [3.05, 3.63) is 28.8 Å². The number of likely N-dealkylation sites (N-methyl/N-ethyl adjacent to an activating group) is 2. The van der Waals surface area contributed by atoms with Crippen LogP contribution in [0.25, 0.3) is 0 Å². The highest BCUT2D eigenvalue weighted by molar-refractivity contribution is 5.93. The van der Waals surface area contributed by atoms with Gasteiger partial charge in [0.2, 0.25) is 0 Å². The van der Waals surface area contributed by atoms with Crippen LogP contribution >= 0.6 is 0 Å². The number of hydrogen-bond acceptors (Lipinski definition) is 2. The van der Waals surface area contributed by atoms with Crippen molar-refractivity contribution in [1.82, 2.24) is 4.90 Å². The smallest absolute Gasteiger partial charge is 0.279 e. The second kappa shape index (κ2) is 9.17. The number of hydrogen-bond donors (Lipinski definition) is 2. The van der Waals surface area contributed by atoms with Gasteiger partial charge < -0.3 is 15.1 Å². The van der Waals surface area contributed by atoms with Crippen LogP contribution in [0.15, 0.2) is 12.1 Å². The second-order valence-corrected chi connectivity index (χ2v) is 7.93. The first kappa shape index (κ1) is 20.4. The van der Waals surface area contributed by atoms with Crippen molar-refractivity contribution in [2.24, 2.45) is 0 Å². The molecule has 0 aliphatic heterocycles. The standard InChI is InChI=1S/C21H33N3O2/c1-15-11-16(2)21(17(3)12-15)22-19(25)13-23(4)14-20(26)24(5)18-9-7-6-8-10-18/h11-12,18H,6-10,13-14H2,1-5H3,(H,22,25)/p+1. The van der Waals surface area contributed by atoms with Crippen molar-refractivity contribution < 1.29 is 14.5 Å². The van der Waals surface area contributed by atoms with E-state index in [0.717, 1.165) is 34.6 Å². The molecule has 5 heteroatoms. The zero-order valence-electron chi connectivity index (χ0n) is 16.9. The Kier molecular flexibility index (Phi) is 7.21. The average Bonchev–Trinajstić information content (AvgIpc) is 2.58. The van der Waals surface area contributed by atoms with Gasteiger partial charge in [-0.2, -0.15) is 0 Å². The van der Waals surface area contributed by atoms with Crippen molar-refractivity contribution in [3.63, 3.8) is 0 Å². The van der Waals surface area contributed by atoms with E-state index in [1.165, 1.54) is 24.8 Å². The summed E-state index contributed by atoms with van der Waals surface area (Å²) in [4.78, 5) is 27.7. The molecule has 1 aromatic rings. The first-order valence-electron chi connectivity index (χ1n) is 9.72. The molecule has 0 bridgehead atoms. The summed E-state index contributed by atoms with van der Waals surface area (Å²) in [7, 11) is 3.81. The Hall–Kier alpha value is -1.88. The van der Waals surface area contributed by atoms with Gasteiger partial charge in [0, 0.05) is 18.8 Å². The molecule has 26 heavy (non-hydrogen) atoms. The third kappa shape index (κ3) is 5.56. The van der Waals surface area contributed by atoms with Gasteiger partial charge in [0.05, 0.1) is 7.05 Å². The molecule has 0 radical (unpaired) electrons. The lowest BCUT2D eigenvalue weighted by Gasteiger charge is -2.31. The first-order valence-corrected chi connectivity index (χ1v) is 9.72. The van der Waals surface area contributed by atoms with Crippen molar-refractivity contribution >= 4 is 17.5 Å². The molecule has 1 unspecified atom stereocenters. The SMILES string of the molecule is Cc1cc(C)c(NC(=O)C[NH+](C)CC(=O)N(C)C2CCCCC2)c(C)c1. The van der Waals surface area contributed by atoms with Crippen LogP contribution < -0.4 is 10.2 Å². The summed E-state index contributed by atoms with van der Waals surface area (Å²) in [5.41, 5.74) is 4.22. The number of amides is 2. The Bertz CT molecular complexity index is 628. The summed E-state index contributed by atoms with van der Waals surface area (Å²) in [5, 5.41) is 3.02. The Balaban J connectivity index is 1.86. The number of rotatable bonds is 6. The minimum Gasteiger partial charge on any atom is -0.338 e. The number of benzene rings is 1. The second-order valence-electron chi connectivity index (χ2n) is 7.93. The lowest BCUT2D eigenvalue weighted by atomic mass is 9.94. The van der Waals surface area contributed by atoms with Gasteiger partial charge in [-0.1, -0.05) is 37.0 Å². The van der Waals surface area contributed by atoms with Crippen molar-refractivity contribution in [2.75, 3.05) is 32.5 Å². The molecule has 1 fully saturated rings. The van der Waals surface area contributed by atoms with Gasteiger partial charge in [-0.3, -0.25) is 9.59 Å². The van der Waals surface area contributed by atoms with Crippen molar-refractivity contribution in [1.29, 1.82) is 0 Å². The summed E-state index contributed by atoms with van der Waals surface area (Å²) in [6.07, 6.45) is 5.91. The molecule has 0 aromatic heterocycles. The Morgan fingerprint density at radius 2 is 1.65 bits per heavy atom. The third-order valence-corrected chi connectivity index (χ3v) is 5.37. The summed E-state index contributed by atoms with van der Waals surface area (Å²) in [6.45, 7) is 6.71. The van der Waals surface area contributed by atoms with Crippen LogP contribution in [0, 0.1) is 20.8 Å². The van der Waals surface area contributed by atoms with Gasteiger partial charge in [-0.05, 0) is 44.7 Å². The van der Waals surface area contributed by atoms with Crippen LogP contribution in [0.1, 0.15) is 48.8 Å². The fourth-order valence-corrected chi connectivity index (χ4v) is 3.95. The molecule has 2 N–H and O–H groups in total. The van der Waals surface area contributed by atoms with Crippen LogP contribution in [0.5, 0.6) is 0 Å². The molecule has 1 aliphatic carbocycles. The zero-order chi connectivity index (χ0) is 19.3. The summed E-state index contributed by atoms with van der Waals surface area (Å²) in [5.74, 6) is 0.0792. The molecular weight excluding hydrogens is 326 g/mol. The Morgan fingerprint density at radius 3 is 2.23 bits per heavy atom. The maximum absolute atomic E-state index is 12.5. The maximum Gasteiger partial charge on any atom is 0.279 e. The van der Waals surface area contributed by atoms with Gasteiger partial charge in [-0.15, -0.1) is 0 Å². The quantitative estimate of drug-likeness (QED) is 0.814. The van der Waals surface area contributed by atoms with Gasteiger partial charge in [0.1, 0.15) is 0 Å². The van der Waals surface area contributed by atoms with E-state index in [1.54, 1.807) is 0 Å². The lowest BCUT2D eigenvalue weighted by molar-refractivity contribution is -0.862. The summed E-state index contributed by atoms with van der Waals surface area (Å²) < 4.78 is 0. The summed E-state index contributed by atoms with van der Waals surface area (Å²) >= 11 is 0. The van der Waals surface area contributed by atoms with E-state index < -0.39 is 0 Å². The number of aryl methyl sites for hydroxylation is 3. The number of anilines is 1. The fraction of sp³-hybridized carbons (Fsp3) is 0.619. The van der Waals surface area contributed by atoms with E-state index in [-0.39, 0.29) is 18.4 Å². The number of nitrogens with one attached hydrogen (secondary N) is 2. The van der Waals surface area contributed by atoms with Gasteiger partial charge in [0.15, 0.2) is 13.1 Å². The van der Waals surface area contributed by atoms with Crippen molar-refractivity contribution in [2.45, 2.75) is 58.9 Å². The largest absolute Gasteiger partial charge is 0.338 e. The lowest BCUT2D eigenvalue weighted by Crippen LogP contribution is -3.11. The molecule has 1 aliphatic rings. The first-order chi connectivity index (χ1) is 12.3. The minimum absolute atomic E-state index is 0.0503. The van der Waals surface area contributed by atoms with Gasteiger partial charge in [0.25, 0.3) is 11.8 Å². The van der Waals surface area contributed by atoms with E-state index in [1.807, 2.05) is 32.8 Å². The zero-order valence-corrected chi connectivity index (χ0v) is 16.9. The predicted octanol–water partition coefficient (Wildman–Crippen LogP) is 1.86. The Morgan fingerprint density at radius 1 is 1.08 bits per heavy atom. The molecular formula is C21H34N3O2+. The maximum atomic E-state index is 12.5. The molecule has 0 heterocycles. The number of nitrogens with zero attached hydrogens (tertiary/aromatic N) is 1. The number of carbonyl (C=O) groups is 2. The third-order valence-electron chi connectivity index (χ3n) is 5.37.